The molecule has 2 aromatic heterocycles. The first kappa shape index (κ1) is 9.24. The number of amides is 1. The molecule has 2 aromatic rings. The first-order valence-corrected chi connectivity index (χ1v) is 4.13. The van der Waals surface area contributed by atoms with Gasteiger partial charge in [-0.3, -0.25) is 15.2 Å². The van der Waals surface area contributed by atoms with E-state index in [1.54, 1.807) is 6.92 Å². The summed E-state index contributed by atoms with van der Waals surface area (Å²) in [4.78, 5) is 15.3. The van der Waals surface area contributed by atoms with Gasteiger partial charge in [-0.15, -0.1) is 10.2 Å². The zero-order valence-corrected chi connectivity index (χ0v) is 7.88. The average molecular weight is 208 g/mol. The number of aromatic nitrogens is 7. The second-order valence-corrected chi connectivity index (χ2v) is 2.80. The summed E-state index contributed by atoms with van der Waals surface area (Å²) in [5.41, 5.74) is 0. The van der Waals surface area contributed by atoms with Gasteiger partial charge in [0.1, 0.15) is 18.7 Å². The third kappa shape index (κ3) is 2.33. The molecule has 2 rings (SSSR count). The molecule has 0 aliphatic carbocycles. The molecule has 15 heavy (non-hydrogen) atoms. The van der Waals surface area contributed by atoms with Gasteiger partial charge in [-0.1, -0.05) is 0 Å². The Hall–Kier alpha value is -2.32. The lowest BCUT2D eigenvalue weighted by atomic mass is 10.6. The van der Waals surface area contributed by atoms with Crippen LogP contribution in [-0.2, 0) is 11.3 Å². The molecule has 1 amide bonds. The molecule has 0 aromatic carbocycles. The molecular formula is C6H8N8O. The minimum atomic E-state index is -0.290. The number of H-pyrrole nitrogens is 1. The van der Waals surface area contributed by atoms with Crippen LogP contribution in [0.3, 0.4) is 0 Å². The van der Waals surface area contributed by atoms with E-state index in [-0.39, 0.29) is 18.4 Å². The SMILES string of the molecule is Cc1nc(NC(=O)Cn2cnnn2)n[nH]1. The second kappa shape index (κ2) is 3.82. The smallest absolute Gasteiger partial charge is 0.248 e. The highest BCUT2D eigenvalue weighted by Gasteiger charge is 2.07. The summed E-state index contributed by atoms with van der Waals surface area (Å²) < 4.78 is 1.30. The Kier molecular flexibility index (Phi) is 2.35. The van der Waals surface area contributed by atoms with Crippen LogP contribution in [0.2, 0.25) is 0 Å². The van der Waals surface area contributed by atoms with Crippen LogP contribution in [0.1, 0.15) is 5.82 Å². The van der Waals surface area contributed by atoms with Crippen LogP contribution >= 0.6 is 0 Å². The van der Waals surface area contributed by atoms with E-state index in [0.717, 1.165) is 0 Å². The van der Waals surface area contributed by atoms with E-state index in [1.165, 1.54) is 11.0 Å². The molecule has 0 radical (unpaired) electrons. The number of carbonyl (C=O) groups is 1. The number of aromatic amines is 1. The summed E-state index contributed by atoms with van der Waals surface area (Å²) in [7, 11) is 0. The van der Waals surface area contributed by atoms with Crippen molar-refractivity contribution in [2.24, 2.45) is 0 Å². The zero-order chi connectivity index (χ0) is 10.7. The minimum Gasteiger partial charge on any atom is -0.292 e. The van der Waals surface area contributed by atoms with Crippen LogP contribution in [0.15, 0.2) is 6.33 Å². The molecule has 0 atom stereocenters. The van der Waals surface area contributed by atoms with E-state index in [2.05, 4.69) is 36.0 Å². The Labute approximate surface area is 83.9 Å². The Bertz CT molecular complexity index is 445. The number of rotatable bonds is 3. The van der Waals surface area contributed by atoms with Crippen molar-refractivity contribution in [2.75, 3.05) is 5.32 Å². The number of nitrogens with zero attached hydrogens (tertiary/aromatic N) is 6. The molecule has 0 aliphatic rings. The second-order valence-electron chi connectivity index (χ2n) is 2.80. The van der Waals surface area contributed by atoms with Gasteiger partial charge < -0.3 is 0 Å². The molecule has 0 saturated heterocycles. The van der Waals surface area contributed by atoms with Crippen LogP contribution in [0.4, 0.5) is 5.95 Å². The van der Waals surface area contributed by atoms with Crippen LogP contribution < -0.4 is 5.32 Å². The fourth-order valence-electron chi connectivity index (χ4n) is 0.963. The lowest BCUT2D eigenvalue weighted by Crippen LogP contribution is -2.19. The highest BCUT2D eigenvalue weighted by molar-refractivity contribution is 5.88. The fourth-order valence-corrected chi connectivity index (χ4v) is 0.963. The van der Waals surface area contributed by atoms with Crippen molar-refractivity contribution in [3.63, 3.8) is 0 Å². The van der Waals surface area contributed by atoms with Crippen molar-refractivity contribution in [2.45, 2.75) is 13.5 Å². The Morgan fingerprint density at radius 2 is 2.53 bits per heavy atom. The van der Waals surface area contributed by atoms with Gasteiger partial charge in [-0.25, -0.2) is 4.68 Å². The lowest BCUT2D eigenvalue weighted by molar-refractivity contribution is -0.117. The molecule has 0 aliphatic heterocycles. The maximum atomic E-state index is 11.4. The van der Waals surface area contributed by atoms with Crippen molar-refractivity contribution in [3.8, 4) is 0 Å². The number of hydrogen-bond donors (Lipinski definition) is 2. The van der Waals surface area contributed by atoms with Crippen molar-refractivity contribution >= 4 is 11.9 Å². The Morgan fingerprint density at radius 1 is 1.67 bits per heavy atom. The van der Waals surface area contributed by atoms with Gasteiger partial charge in [0.15, 0.2) is 0 Å². The molecule has 0 fully saturated rings. The molecular weight excluding hydrogens is 200 g/mol. The topological polar surface area (TPSA) is 114 Å². The third-order valence-corrected chi connectivity index (χ3v) is 1.55. The summed E-state index contributed by atoms with van der Waals surface area (Å²) >= 11 is 0. The van der Waals surface area contributed by atoms with Crippen molar-refractivity contribution in [3.05, 3.63) is 12.2 Å². The number of tetrazole rings is 1. The van der Waals surface area contributed by atoms with Crippen LogP contribution in [0.25, 0.3) is 0 Å². The minimum absolute atomic E-state index is 0.0284. The predicted octanol–water partition coefficient (Wildman–Crippen LogP) is -1.26. The highest BCUT2D eigenvalue weighted by Crippen LogP contribution is 1.96. The maximum absolute atomic E-state index is 11.4. The molecule has 2 N–H and O–H groups in total. The van der Waals surface area contributed by atoms with E-state index >= 15 is 0 Å². The molecule has 78 valence electrons. The molecule has 9 heteroatoms. The van der Waals surface area contributed by atoms with Gasteiger partial charge >= 0.3 is 0 Å². The van der Waals surface area contributed by atoms with Gasteiger partial charge in [-0.2, -0.15) is 4.98 Å². The van der Waals surface area contributed by atoms with Gasteiger partial charge in [0, 0.05) is 0 Å². The Balaban J connectivity index is 1.93. The largest absolute Gasteiger partial charge is 0.292 e. The molecule has 0 saturated carbocycles. The normalized spacial score (nSPS) is 10.2. The number of anilines is 1. The lowest BCUT2D eigenvalue weighted by Gasteiger charge is -1.98. The summed E-state index contributed by atoms with van der Waals surface area (Å²) in [6.45, 7) is 1.77. The first-order chi connectivity index (χ1) is 7.24. The van der Waals surface area contributed by atoms with E-state index in [1.807, 2.05) is 0 Å². The quantitative estimate of drug-likeness (QED) is 0.650. The highest BCUT2D eigenvalue weighted by atomic mass is 16.2. The van der Waals surface area contributed by atoms with E-state index < -0.39 is 0 Å². The number of aryl methyl sites for hydroxylation is 1. The Morgan fingerprint density at radius 3 is 3.13 bits per heavy atom. The number of nitrogens with one attached hydrogen (secondary N) is 2. The van der Waals surface area contributed by atoms with Crippen LogP contribution in [0.5, 0.6) is 0 Å². The fraction of sp³-hybridized carbons (Fsp3) is 0.333. The average Bonchev–Trinajstić information content (AvgIpc) is 2.77. The van der Waals surface area contributed by atoms with E-state index in [0.29, 0.717) is 5.82 Å². The molecule has 0 bridgehead atoms. The molecule has 0 unspecified atom stereocenters. The first-order valence-electron chi connectivity index (χ1n) is 4.13. The molecule has 2 heterocycles. The summed E-state index contributed by atoms with van der Waals surface area (Å²) in [6, 6.07) is 0. The maximum Gasteiger partial charge on any atom is 0.248 e. The third-order valence-electron chi connectivity index (χ3n) is 1.55. The number of hydrogen-bond acceptors (Lipinski definition) is 6. The molecule has 9 nitrogen and oxygen atoms in total. The summed E-state index contributed by atoms with van der Waals surface area (Å²) in [5.74, 6) is 0.583. The summed E-state index contributed by atoms with van der Waals surface area (Å²) in [5, 5.41) is 19.2. The zero-order valence-electron chi connectivity index (χ0n) is 7.88. The monoisotopic (exact) mass is 208 g/mol. The van der Waals surface area contributed by atoms with Gasteiger partial charge in [0.2, 0.25) is 11.9 Å². The van der Waals surface area contributed by atoms with Crippen LogP contribution in [0, 0.1) is 6.92 Å². The predicted molar refractivity (Wildman–Crippen MR) is 47.6 cm³/mol. The number of carbonyl (C=O) groups excluding carboxylic acids is 1. The van der Waals surface area contributed by atoms with E-state index in [9.17, 15) is 4.79 Å². The van der Waals surface area contributed by atoms with Crippen LogP contribution in [-0.4, -0.2) is 41.3 Å². The van der Waals surface area contributed by atoms with Gasteiger partial charge in [0.25, 0.3) is 0 Å². The van der Waals surface area contributed by atoms with Crippen molar-refractivity contribution in [1.82, 2.24) is 35.4 Å². The van der Waals surface area contributed by atoms with E-state index in [4.69, 9.17) is 0 Å². The molecule has 0 spiro atoms. The van der Waals surface area contributed by atoms with Crippen molar-refractivity contribution < 1.29 is 4.79 Å². The summed E-state index contributed by atoms with van der Waals surface area (Å²) in [6.07, 6.45) is 1.35. The van der Waals surface area contributed by atoms with Crippen molar-refractivity contribution in [1.29, 1.82) is 0 Å². The standard InChI is InChI=1S/C6H8N8O/c1-4-8-6(11-10-4)9-5(15)2-14-3-7-12-13-14/h3H,2H2,1H3,(H2,8,9,10,11,15). The van der Waals surface area contributed by atoms with Gasteiger partial charge in [-0.05, 0) is 17.4 Å². The van der Waals surface area contributed by atoms with Gasteiger partial charge in [0.05, 0.1) is 0 Å².